The van der Waals surface area contributed by atoms with Crippen LogP contribution in [0.4, 0.5) is 5.69 Å². The Hall–Kier alpha value is -2.81. The third-order valence-corrected chi connectivity index (χ3v) is 4.24. The van der Waals surface area contributed by atoms with Gasteiger partial charge in [-0.2, -0.15) is 5.26 Å². The van der Waals surface area contributed by atoms with E-state index in [1.807, 2.05) is 38.1 Å². The van der Waals surface area contributed by atoms with Crippen molar-refractivity contribution in [1.29, 1.82) is 5.26 Å². The highest BCUT2D eigenvalue weighted by atomic mass is 16.4. The average molecular weight is 327 g/mol. The largest absolute Gasteiger partial charge is 0.481 e. The molecule has 1 saturated heterocycles. The van der Waals surface area contributed by atoms with Gasteiger partial charge in [-0.15, -0.1) is 0 Å². The molecule has 0 aliphatic carbocycles. The van der Waals surface area contributed by atoms with E-state index in [2.05, 4.69) is 5.32 Å². The maximum atomic E-state index is 12.4. The minimum absolute atomic E-state index is 0.0174. The first-order valence-electron chi connectivity index (χ1n) is 7.88. The predicted octanol–water partition coefficient (Wildman–Crippen LogP) is 2.45. The Morgan fingerprint density at radius 2 is 2.00 bits per heavy atom. The molecule has 0 unspecified atom stereocenters. The highest BCUT2D eigenvalue weighted by Gasteiger charge is 2.28. The summed E-state index contributed by atoms with van der Waals surface area (Å²) in [6, 6.07) is 7.79. The standard InChI is InChI=1S/C18H21N3O3/c1-12-3-4-16(13(2)9-12)20-11-15(10-19)17(22)21-7-5-14(6-8-21)18(23)24/h3-4,9,11,14,20H,5-8H2,1-2H3,(H,23,24)/b15-11-. The zero-order valence-corrected chi connectivity index (χ0v) is 13.9. The molecule has 1 aliphatic heterocycles. The molecule has 0 aromatic heterocycles. The van der Waals surface area contributed by atoms with E-state index in [4.69, 9.17) is 5.11 Å². The summed E-state index contributed by atoms with van der Waals surface area (Å²) < 4.78 is 0. The van der Waals surface area contributed by atoms with Crippen LogP contribution in [0.2, 0.25) is 0 Å². The molecule has 2 rings (SSSR count). The highest BCUT2D eigenvalue weighted by Crippen LogP contribution is 2.20. The minimum Gasteiger partial charge on any atom is -0.481 e. The third kappa shape index (κ3) is 4.13. The number of carbonyl (C=O) groups excluding carboxylic acids is 1. The topological polar surface area (TPSA) is 93.4 Å². The average Bonchev–Trinajstić information content (AvgIpc) is 2.57. The number of benzene rings is 1. The quantitative estimate of drug-likeness (QED) is 0.654. The summed E-state index contributed by atoms with van der Waals surface area (Å²) >= 11 is 0. The molecule has 1 aliphatic rings. The van der Waals surface area contributed by atoms with Gasteiger partial charge in [-0.25, -0.2) is 0 Å². The van der Waals surface area contributed by atoms with Gasteiger partial charge in [-0.05, 0) is 38.3 Å². The molecule has 0 saturated carbocycles. The molecule has 0 atom stereocenters. The lowest BCUT2D eigenvalue weighted by atomic mass is 9.97. The molecule has 1 amide bonds. The van der Waals surface area contributed by atoms with Crippen molar-refractivity contribution in [3.8, 4) is 6.07 Å². The summed E-state index contributed by atoms with van der Waals surface area (Å²) in [6.45, 7) is 4.67. The second-order valence-electron chi connectivity index (χ2n) is 6.04. The van der Waals surface area contributed by atoms with Crippen LogP contribution >= 0.6 is 0 Å². The van der Waals surface area contributed by atoms with Crippen LogP contribution in [0, 0.1) is 31.1 Å². The van der Waals surface area contributed by atoms with Crippen molar-refractivity contribution in [1.82, 2.24) is 4.90 Å². The number of hydrogen-bond donors (Lipinski definition) is 2. The number of carboxylic acid groups (broad SMARTS) is 1. The summed E-state index contributed by atoms with van der Waals surface area (Å²) in [7, 11) is 0. The van der Waals surface area contributed by atoms with Crippen LogP contribution in [-0.4, -0.2) is 35.0 Å². The summed E-state index contributed by atoms with van der Waals surface area (Å²) in [5, 5.41) is 21.3. The Balaban J connectivity index is 2.04. The Labute approximate surface area is 141 Å². The number of aryl methyl sites for hydroxylation is 2. The van der Waals surface area contributed by atoms with Crippen LogP contribution in [0.5, 0.6) is 0 Å². The second-order valence-corrected chi connectivity index (χ2v) is 6.04. The van der Waals surface area contributed by atoms with Crippen molar-refractivity contribution < 1.29 is 14.7 Å². The van der Waals surface area contributed by atoms with Crippen molar-refractivity contribution in [2.45, 2.75) is 26.7 Å². The molecule has 0 bridgehead atoms. The van der Waals surface area contributed by atoms with Gasteiger partial charge < -0.3 is 15.3 Å². The Kier molecular flexibility index (Phi) is 5.59. The SMILES string of the molecule is Cc1ccc(N/C=C(/C#N)C(=O)N2CCC(C(=O)O)CC2)c(C)c1. The lowest BCUT2D eigenvalue weighted by Gasteiger charge is -2.29. The van der Waals surface area contributed by atoms with Crippen molar-refractivity contribution in [2.75, 3.05) is 18.4 Å². The van der Waals surface area contributed by atoms with E-state index in [1.165, 1.54) is 11.1 Å². The molecular weight excluding hydrogens is 306 g/mol. The van der Waals surface area contributed by atoms with Gasteiger partial charge in [0, 0.05) is 25.0 Å². The second kappa shape index (κ2) is 7.64. The van der Waals surface area contributed by atoms with Crippen LogP contribution in [0.1, 0.15) is 24.0 Å². The van der Waals surface area contributed by atoms with E-state index in [-0.39, 0.29) is 11.5 Å². The number of carbonyl (C=O) groups is 2. The first-order chi connectivity index (χ1) is 11.4. The molecule has 1 fully saturated rings. The van der Waals surface area contributed by atoms with E-state index >= 15 is 0 Å². The summed E-state index contributed by atoms with van der Waals surface area (Å²) in [5.41, 5.74) is 3.02. The fourth-order valence-electron chi connectivity index (χ4n) is 2.77. The monoisotopic (exact) mass is 327 g/mol. The Bertz CT molecular complexity index is 711. The van der Waals surface area contributed by atoms with Crippen LogP contribution < -0.4 is 5.32 Å². The van der Waals surface area contributed by atoms with Crippen LogP contribution in [0.3, 0.4) is 0 Å². The fraction of sp³-hybridized carbons (Fsp3) is 0.389. The van der Waals surface area contributed by atoms with Gasteiger partial charge in [-0.3, -0.25) is 9.59 Å². The lowest BCUT2D eigenvalue weighted by molar-refractivity contribution is -0.145. The summed E-state index contributed by atoms with van der Waals surface area (Å²) in [6.07, 6.45) is 2.26. The normalized spacial score (nSPS) is 15.7. The zero-order valence-electron chi connectivity index (χ0n) is 13.9. The van der Waals surface area contributed by atoms with Gasteiger partial charge >= 0.3 is 5.97 Å². The number of likely N-dealkylation sites (tertiary alicyclic amines) is 1. The first-order valence-corrected chi connectivity index (χ1v) is 7.88. The van der Waals surface area contributed by atoms with Gasteiger partial charge in [0.2, 0.25) is 0 Å². The van der Waals surface area contributed by atoms with Crippen molar-refractivity contribution >= 4 is 17.6 Å². The first kappa shape index (κ1) is 17.5. The molecule has 1 aromatic rings. The van der Waals surface area contributed by atoms with E-state index in [9.17, 15) is 14.9 Å². The maximum absolute atomic E-state index is 12.4. The third-order valence-electron chi connectivity index (χ3n) is 4.24. The molecule has 2 N–H and O–H groups in total. The number of amides is 1. The Morgan fingerprint density at radius 3 is 2.54 bits per heavy atom. The predicted molar refractivity (Wildman–Crippen MR) is 90.2 cm³/mol. The molecule has 0 radical (unpaired) electrons. The number of anilines is 1. The number of nitrogens with one attached hydrogen (secondary N) is 1. The fourth-order valence-corrected chi connectivity index (χ4v) is 2.77. The molecule has 1 heterocycles. The molecule has 6 heteroatoms. The number of nitriles is 1. The van der Waals surface area contributed by atoms with E-state index in [0.717, 1.165) is 16.8 Å². The van der Waals surface area contributed by atoms with Gasteiger partial charge in [0.1, 0.15) is 11.6 Å². The lowest BCUT2D eigenvalue weighted by Crippen LogP contribution is -2.40. The van der Waals surface area contributed by atoms with Gasteiger partial charge in [0.25, 0.3) is 5.91 Å². The number of carboxylic acids is 1. The van der Waals surface area contributed by atoms with Gasteiger partial charge in [0.15, 0.2) is 0 Å². The minimum atomic E-state index is -0.824. The summed E-state index contributed by atoms with van der Waals surface area (Å²) in [5.74, 6) is -1.59. The van der Waals surface area contributed by atoms with Gasteiger partial charge in [0.05, 0.1) is 5.92 Å². The van der Waals surface area contributed by atoms with Crippen molar-refractivity contribution in [3.63, 3.8) is 0 Å². The molecule has 24 heavy (non-hydrogen) atoms. The number of aliphatic carboxylic acids is 1. The van der Waals surface area contributed by atoms with Gasteiger partial charge in [-0.1, -0.05) is 17.7 Å². The smallest absolute Gasteiger partial charge is 0.306 e. The maximum Gasteiger partial charge on any atom is 0.306 e. The number of hydrogen-bond acceptors (Lipinski definition) is 4. The van der Waals surface area contributed by atoms with Crippen LogP contribution in [0.15, 0.2) is 30.0 Å². The molecule has 1 aromatic carbocycles. The molecule has 0 spiro atoms. The van der Waals surface area contributed by atoms with Crippen molar-refractivity contribution in [3.05, 3.63) is 41.1 Å². The van der Waals surface area contributed by atoms with E-state index in [0.29, 0.717) is 25.9 Å². The van der Waals surface area contributed by atoms with E-state index < -0.39 is 11.9 Å². The number of rotatable bonds is 4. The Morgan fingerprint density at radius 1 is 1.33 bits per heavy atom. The zero-order chi connectivity index (χ0) is 17.7. The number of nitrogens with zero attached hydrogens (tertiary/aromatic N) is 2. The molecule has 6 nitrogen and oxygen atoms in total. The van der Waals surface area contributed by atoms with E-state index in [1.54, 1.807) is 0 Å². The van der Waals surface area contributed by atoms with Crippen LogP contribution in [0.25, 0.3) is 0 Å². The highest BCUT2D eigenvalue weighted by molar-refractivity contribution is 5.97. The van der Waals surface area contributed by atoms with Crippen molar-refractivity contribution in [2.24, 2.45) is 5.92 Å². The van der Waals surface area contributed by atoms with Crippen LogP contribution in [-0.2, 0) is 9.59 Å². The number of piperidine rings is 1. The summed E-state index contributed by atoms with van der Waals surface area (Å²) in [4.78, 5) is 24.9. The molecule has 126 valence electrons. The molecular formula is C18H21N3O3.